The summed E-state index contributed by atoms with van der Waals surface area (Å²) in [6.45, 7) is -1.52. The summed E-state index contributed by atoms with van der Waals surface area (Å²) in [5, 5.41) is 42.0. The van der Waals surface area contributed by atoms with Gasteiger partial charge in [-0.05, 0) is 25.9 Å². The van der Waals surface area contributed by atoms with Crippen LogP contribution in [0.25, 0.3) is 0 Å². The predicted octanol–water partition coefficient (Wildman–Crippen LogP) is -17.8. The maximum atomic E-state index is 10.5. The Hall–Kier alpha value is 1.80. The van der Waals surface area contributed by atoms with Gasteiger partial charge in [-0.2, -0.15) is 0 Å². The summed E-state index contributed by atoms with van der Waals surface area (Å²) >= 11 is 0. The molecule has 0 unspecified atom stereocenters. The van der Waals surface area contributed by atoms with Crippen molar-refractivity contribution < 1.29 is 158 Å². The molecule has 0 aliphatic heterocycles. The molecule has 0 rings (SSSR count). The fraction of sp³-hybridized carbons (Fsp3) is 0.714. The third-order valence-corrected chi connectivity index (χ3v) is 3.11. The molecule has 0 aliphatic carbocycles. The van der Waals surface area contributed by atoms with Crippen LogP contribution >= 0.6 is 0 Å². The molecule has 0 heterocycles. The Morgan fingerprint density at radius 1 is 0.464 bits per heavy atom. The maximum Gasteiger partial charge on any atom is 1.00 e. The molecule has 0 saturated heterocycles. The molecule has 10 nitrogen and oxygen atoms in total. The van der Waals surface area contributed by atoms with Gasteiger partial charge in [0.1, 0.15) is 0 Å². The number of hydrogen-bond acceptors (Lipinski definition) is 10. The van der Waals surface area contributed by atoms with Crippen LogP contribution in [-0.2, 0) is 19.2 Å². The van der Waals surface area contributed by atoms with E-state index in [9.17, 15) is 39.6 Å². The number of rotatable bonds is 15. The normalized spacial score (nSPS) is 9.36. The molecule has 0 aromatic rings. The van der Waals surface area contributed by atoms with E-state index in [0.717, 1.165) is 0 Å². The molecule has 0 spiro atoms. The number of aliphatic carboxylic acids is 4. The molecular weight excluding hydrogens is 416 g/mol. The van der Waals surface area contributed by atoms with Crippen molar-refractivity contribution in [1.82, 2.24) is 9.80 Å². The van der Waals surface area contributed by atoms with E-state index in [1.807, 2.05) is 0 Å². The minimum absolute atomic E-state index is 0. The van der Waals surface area contributed by atoms with Gasteiger partial charge in [0.2, 0.25) is 0 Å². The van der Waals surface area contributed by atoms with Crippen LogP contribution in [0.2, 0.25) is 0 Å². The summed E-state index contributed by atoms with van der Waals surface area (Å²) in [7, 11) is 0. The van der Waals surface area contributed by atoms with Gasteiger partial charge in [0.25, 0.3) is 0 Å². The summed E-state index contributed by atoms with van der Waals surface area (Å²) in [4.78, 5) is 44.4. The first kappa shape index (κ1) is 40.2. The van der Waals surface area contributed by atoms with E-state index in [1.165, 1.54) is 9.80 Å². The third-order valence-electron chi connectivity index (χ3n) is 3.11. The summed E-state index contributed by atoms with van der Waals surface area (Å²) in [6.07, 6.45) is 2.34. The Labute approximate surface area is 252 Å². The molecule has 14 heteroatoms. The third kappa shape index (κ3) is 27.8. The maximum absolute atomic E-state index is 10.5. The monoisotopic (exact) mass is 436 g/mol. The van der Waals surface area contributed by atoms with E-state index >= 15 is 0 Å². The first-order valence-electron chi connectivity index (χ1n) is 7.44. The van der Waals surface area contributed by atoms with E-state index in [2.05, 4.69) is 0 Å². The topological polar surface area (TPSA) is 167 Å². The smallest absolute Gasteiger partial charge is 0.549 e. The van der Waals surface area contributed by atoms with E-state index in [0.29, 0.717) is 25.7 Å². The number of carboxylic acid groups (broad SMARTS) is 4. The standard InChI is InChI=1S/C14H24N2O8.4Na/c17-11(18)7-15(8-12(19)20)5-3-1-2-4-6-16(9-13(21)22)10-14(23)24;;;;/h1-10H2,(H,17,18)(H,19,20)(H,21,22)(H,23,24);;;;/q;4*+1/p-4. The van der Waals surface area contributed by atoms with Crippen molar-refractivity contribution in [1.29, 1.82) is 0 Å². The summed E-state index contributed by atoms with van der Waals surface area (Å²) < 4.78 is 0. The average molecular weight is 436 g/mol. The Morgan fingerprint density at radius 3 is 0.857 bits per heavy atom. The largest absolute Gasteiger partial charge is 1.00 e. The molecule has 0 saturated carbocycles. The van der Waals surface area contributed by atoms with Crippen molar-refractivity contribution in [3.05, 3.63) is 0 Å². The van der Waals surface area contributed by atoms with Crippen molar-refractivity contribution in [2.24, 2.45) is 0 Å². The fourth-order valence-corrected chi connectivity index (χ4v) is 2.18. The molecule has 0 atom stereocenters. The first-order valence-corrected chi connectivity index (χ1v) is 7.44. The Balaban J connectivity index is -0.000000441. The van der Waals surface area contributed by atoms with Crippen molar-refractivity contribution in [2.75, 3.05) is 39.3 Å². The van der Waals surface area contributed by atoms with E-state index < -0.39 is 50.1 Å². The van der Waals surface area contributed by atoms with Crippen LogP contribution in [0.3, 0.4) is 0 Å². The second-order valence-corrected chi connectivity index (χ2v) is 5.32. The molecular formula is C14H20N2Na4O8. The summed E-state index contributed by atoms with van der Waals surface area (Å²) in [6, 6.07) is 0. The number of carbonyl (C=O) groups excluding carboxylic acids is 4. The number of carboxylic acids is 4. The Bertz CT molecular complexity index is 385. The number of nitrogens with zero attached hydrogens (tertiary/aromatic N) is 2. The van der Waals surface area contributed by atoms with Gasteiger partial charge < -0.3 is 39.6 Å². The van der Waals surface area contributed by atoms with Gasteiger partial charge in [0, 0.05) is 26.2 Å². The van der Waals surface area contributed by atoms with Crippen LogP contribution in [0.1, 0.15) is 25.7 Å². The predicted molar refractivity (Wildman–Crippen MR) is 71.4 cm³/mol. The zero-order chi connectivity index (χ0) is 18.5. The van der Waals surface area contributed by atoms with Crippen LogP contribution in [0, 0.1) is 0 Å². The van der Waals surface area contributed by atoms with Crippen LogP contribution < -0.4 is 139 Å². The number of carbonyl (C=O) groups is 4. The minimum atomic E-state index is -1.38. The molecule has 0 N–H and O–H groups in total. The minimum Gasteiger partial charge on any atom is -0.549 e. The average Bonchev–Trinajstić information content (AvgIpc) is 2.39. The second-order valence-electron chi connectivity index (χ2n) is 5.32. The molecule has 28 heavy (non-hydrogen) atoms. The molecule has 138 valence electrons. The van der Waals surface area contributed by atoms with Crippen LogP contribution in [-0.4, -0.2) is 72.9 Å². The molecule has 0 fully saturated rings. The zero-order valence-corrected chi connectivity index (χ0v) is 25.2. The van der Waals surface area contributed by atoms with Crippen LogP contribution in [0.5, 0.6) is 0 Å². The molecule has 0 bridgehead atoms. The zero-order valence-electron chi connectivity index (χ0n) is 17.2. The van der Waals surface area contributed by atoms with Gasteiger partial charge in [0.05, 0.1) is 23.9 Å². The van der Waals surface area contributed by atoms with Crippen LogP contribution in [0.15, 0.2) is 0 Å². The fourth-order valence-electron chi connectivity index (χ4n) is 2.18. The van der Waals surface area contributed by atoms with E-state index in [-0.39, 0.29) is 131 Å². The van der Waals surface area contributed by atoms with Gasteiger partial charge in [0.15, 0.2) is 0 Å². The second kappa shape index (κ2) is 25.1. The van der Waals surface area contributed by atoms with Crippen molar-refractivity contribution in [3.63, 3.8) is 0 Å². The molecule has 0 aliphatic rings. The van der Waals surface area contributed by atoms with Gasteiger partial charge in [-0.1, -0.05) is 12.8 Å². The molecule has 0 amide bonds. The van der Waals surface area contributed by atoms with E-state index in [1.54, 1.807) is 0 Å². The van der Waals surface area contributed by atoms with Gasteiger partial charge in [-0.3, -0.25) is 9.80 Å². The van der Waals surface area contributed by atoms with Crippen molar-refractivity contribution in [2.45, 2.75) is 25.7 Å². The quantitative estimate of drug-likeness (QED) is 0.178. The summed E-state index contributed by atoms with van der Waals surface area (Å²) in [5.41, 5.74) is 0. The summed E-state index contributed by atoms with van der Waals surface area (Å²) in [5.74, 6) is -5.51. The molecule has 0 aromatic carbocycles. The molecule has 0 radical (unpaired) electrons. The van der Waals surface area contributed by atoms with Crippen molar-refractivity contribution in [3.8, 4) is 0 Å². The van der Waals surface area contributed by atoms with E-state index in [4.69, 9.17) is 0 Å². The van der Waals surface area contributed by atoms with Crippen molar-refractivity contribution >= 4 is 23.9 Å². The Morgan fingerprint density at radius 2 is 0.679 bits per heavy atom. The SMILES string of the molecule is O=C([O-])CN(CCCCCCN(CC(=O)[O-])CC(=O)[O-])CC(=O)[O-].[Na+].[Na+].[Na+].[Na+]. The van der Waals surface area contributed by atoms with Crippen LogP contribution in [0.4, 0.5) is 0 Å². The van der Waals surface area contributed by atoms with Gasteiger partial charge >= 0.3 is 118 Å². The number of hydrogen-bond donors (Lipinski definition) is 0. The number of unbranched alkanes of at least 4 members (excludes halogenated alkanes) is 3. The first-order chi connectivity index (χ1) is 11.2. The molecule has 0 aromatic heterocycles. The van der Waals surface area contributed by atoms with Gasteiger partial charge in [-0.15, -0.1) is 0 Å². The Kier molecular flexibility index (Phi) is 36.0. The van der Waals surface area contributed by atoms with Gasteiger partial charge in [-0.25, -0.2) is 0 Å².